The van der Waals surface area contributed by atoms with Crippen molar-refractivity contribution in [3.05, 3.63) is 56.9 Å². The first-order valence-electron chi connectivity index (χ1n) is 8.52. The lowest BCUT2D eigenvalue weighted by atomic mass is 10.1. The van der Waals surface area contributed by atoms with E-state index in [4.69, 9.17) is 4.74 Å². The van der Waals surface area contributed by atoms with Gasteiger partial charge in [0.1, 0.15) is 5.69 Å². The van der Waals surface area contributed by atoms with Gasteiger partial charge in [0.15, 0.2) is 0 Å². The molecule has 3 heterocycles. The van der Waals surface area contributed by atoms with Gasteiger partial charge in [-0.05, 0) is 18.6 Å². The van der Waals surface area contributed by atoms with Crippen molar-refractivity contribution in [1.29, 1.82) is 0 Å². The van der Waals surface area contributed by atoms with Crippen LogP contribution >= 0.6 is 0 Å². The third kappa shape index (κ3) is 3.38. The molecule has 1 aliphatic rings. The molecule has 0 saturated carbocycles. The van der Waals surface area contributed by atoms with Crippen molar-refractivity contribution < 1.29 is 9.66 Å². The minimum Gasteiger partial charge on any atom is -0.373 e. The topological polar surface area (TPSA) is 119 Å². The molecule has 4 rings (SSSR count). The Morgan fingerprint density at radius 3 is 3.04 bits per heavy atom. The maximum Gasteiger partial charge on any atom is 0.293 e. The fourth-order valence-electron chi connectivity index (χ4n) is 3.32. The van der Waals surface area contributed by atoms with Crippen LogP contribution in [0.5, 0.6) is 0 Å². The lowest BCUT2D eigenvalue weighted by molar-refractivity contribution is -0.384. The Morgan fingerprint density at radius 1 is 1.44 bits per heavy atom. The van der Waals surface area contributed by atoms with Crippen LogP contribution < -0.4 is 10.5 Å². The number of nitro benzene ring substituents is 1. The van der Waals surface area contributed by atoms with Crippen molar-refractivity contribution >= 4 is 22.3 Å². The zero-order valence-electron chi connectivity index (χ0n) is 14.7. The second-order valence-electron chi connectivity index (χ2n) is 6.53. The average Bonchev–Trinajstić information content (AvgIpc) is 3.06. The SMILES string of the molecule is Cc1cnn(CC2CN(c3cc4nc[nH]c(=O)c4cc3[N+](=O)[O-])CCO2)c1. The predicted octanol–water partition coefficient (Wildman–Crippen LogP) is 1.24. The number of anilines is 1. The summed E-state index contributed by atoms with van der Waals surface area (Å²) in [6.45, 7) is 3.97. The lowest BCUT2D eigenvalue weighted by Gasteiger charge is -2.34. The third-order valence-electron chi connectivity index (χ3n) is 4.57. The highest BCUT2D eigenvalue weighted by Gasteiger charge is 2.27. The number of hydrogen-bond acceptors (Lipinski definition) is 7. The molecule has 27 heavy (non-hydrogen) atoms. The molecule has 1 unspecified atom stereocenters. The number of aromatic nitrogens is 4. The molecule has 1 saturated heterocycles. The maximum atomic E-state index is 11.9. The van der Waals surface area contributed by atoms with Crippen LogP contribution in [0.25, 0.3) is 10.9 Å². The molecule has 0 bridgehead atoms. The molecular formula is C17H18N6O4. The fourth-order valence-corrected chi connectivity index (χ4v) is 3.32. The van der Waals surface area contributed by atoms with Crippen molar-refractivity contribution in [2.75, 3.05) is 24.6 Å². The minimum atomic E-state index is -0.470. The molecule has 0 spiro atoms. The Kier molecular flexibility index (Phi) is 4.32. The zero-order valence-corrected chi connectivity index (χ0v) is 14.7. The van der Waals surface area contributed by atoms with Crippen molar-refractivity contribution in [2.24, 2.45) is 0 Å². The first-order chi connectivity index (χ1) is 13.0. The number of aromatic amines is 1. The summed E-state index contributed by atoms with van der Waals surface area (Å²) in [4.78, 5) is 31.6. The molecular weight excluding hydrogens is 352 g/mol. The second kappa shape index (κ2) is 6.80. The molecule has 0 amide bonds. The third-order valence-corrected chi connectivity index (χ3v) is 4.57. The zero-order chi connectivity index (χ0) is 19.0. The monoisotopic (exact) mass is 370 g/mol. The number of morpholine rings is 1. The van der Waals surface area contributed by atoms with Crippen LogP contribution in [0.2, 0.25) is 0 Å². The minimum absolute atomic E-state index is 0.114. The Morgan fingerprint density at radius 2 is 2.30 bits per heavy atom. The van der Waals surface area contributed by atoms with Gasteiger partial charge in [-0.1, -0.05) is 0 Å². The Labute approximate surface area is 153 Å². The van der Waals surface area contributed by atoms with E-state index in [1.807, 2.05) is 18.0 Å². The predicted molar refractivity (Wildman–Crippen MR) is 97.9 cm³/mol. The van der Waals surface area contributed by atoms with Gasteiger partial charge in [-0.25, -0.2) is 4.98 Å². The first-order valence-corrected chi connectivity index (χ1v) is 8.52. The number of H-pyrrole nitrogens is 1. The Balaban J connectivity index is 1.67. The summed E-state index contributed by atoms with van der Waals surface area (Å²) in [5.41, 5.74) is 1.41. The van der Waals surface area contributed by atoms with E-state index >= 15 is 0 Å². The highest BCUT2D eigenvalue weighted by atomic mass is 16.6. The summed E-state index contributed by atoms with van der Waals surface area (Å²) >= 11 is 0. The Hall–Kier alpha value is -3.27. The van der Waals surface area contributed by atoms with Crippen LogP contribution in [0.3, 0.4) is 0 Å². The smallest absolute Gasteiger partial charge is 0.293 e. The lowest BCUT2D eigenvalue weighted by Crippen LogP contribution is -2.44. The molecule has 1 N–H and O–H groups in total. The largest absolute Gasteiger partial charge is 0.373 e. The summed E-state index contributed by atoms with van der Waals surface area (Å²) in [5, 5.41) is 16.1. The Bertz CT molecular complexity index is 1060. The molecule has 1 aromatic carbocycles. The molecule has 0 radical (unpaired) electrons. The van der Waals surface area contributed by atoms with Crippen molar-refractivity contribution in [2.45, 2.75) is 19.6 Å². The number of aryl methyl sites for hydroxylation is 1. The van der Waals surface area contributed by atoms with E-state index in [-0.39, 0.29) is 17.2 Å². The molecule has 0 aliphatic carbocycles. The average molecular weight is 370 g/mol. The summed E-state index contributed by atoms with van der Waals surface area (Å²) in [6.07, 6.45) is 4.85. The van der Waals surface area contributed by atoms with E-state index in [1.165, 1.54) is 12.4 Å². The van der Waals surface area contributed by atoms with Gasteiger partial charge in [0, 0.05) is 25.4 Å². The number of fused-ring (bicyclic) bond motifs is 1. The van der Waals surface area contributed by atoms with E-state index in [1.54, 1.807) is 16.9 Å². The van der Waals surface area contributed by atoms with Gasteiger partial charge in [0.05, 0.1) is 47.6 Å². The number of rotatable bonds is 4. The van der Waals surface area contributed by atoms with Crippen LogP contribution in [-0.2, 0) is 11.3 Å². The highest BCUT2D eigenvalue weighted by molar-refractivity contribution is 5.87. The van der Waals surface area contributed by atoms with Crippen LogP contribution in [0.15, 0.2) is 35.6 Å². The summed E-state index contributed by atoms with van der Waals surface area (Å²) in [6, 6.07) is 2.89. The number of nitro groups is 1. The number of nitrogens with one attached hydrogen (secondary N) is 1. The van der Waals surface area contributed by atoms with Crippen molar-refractivity contribution in [3.63, 3.8) is 0 Å². The van der Waals surface area contributed by atoms with E-state index < -0.39 is 10.5 Å². The van der Waals surface area contributed by atoms with Gasteiger partial charge in [-0.2, -0.15) is 5.10 Å². The molecule has 10 nitrogen and oxygen atoms in total. The fraction of sp³-hybridized carbons (Fsp3) is 0.353. The normalized spacial score (nSPS) is 17.4. The van der Waals surface area contributed by atoms with E-state index in [0.29, 0.717) is 37.4 Å². The van der Waals surface area contributed by atoms with E-state index in [9.17, 15) is 14.9 Å². The summed E-state index contributed by atoms with van der Waals surface area (Å²) < 4.78 is 7.61. The molecule has 140 valence electrons. The number of benzene rings is 1. The van der Waals surface area contributed by atoms with Gasteiger partial charge < -0.3 is 14.6 Å². The van der Waals surface area contributed by atoms with Crippen molar-refractivity contribution in [1.82, 2.24) is 19.7 Å². The van der Waals surface area contributed by atoms with Crippen LogP contribution in [0.4, 0.5) is 11.4 Å². The molecule has 1 aliphatic heterocycles. The molecule has 3 aromatic rings. The molecule has 1 fully saturated rings. The first kappa shape index (κ1) is 17.2. The van der Waals surface area contributed by atoms with Gasteiger partial charge in [-0.3, -0.25) is 19.6 Å². The standard InChI is InChI=1S/C17H18N6O4/c1-11-6-20-22(7-11)9-12-8-21(2-3-27-12)15-5-14-13(4-16(15)23(25)26)17(24)19-10-18-14/h4-7,10,12H,2-3,8-9H2,1H3,(H,18,19,24). The van der Waals surface area contributed by atoms with E-state index in [0.717, 1.165) is 5.56 Å². The molecule has 10 heteroatoms. The van der Waals surface area contributed by atoms with Gasteiger partial charge in [0.2, 0.25) is 0 Å². The number of ether oxygens (including phenoxy) is 1. The van der Waals surface area contributed by atoms with Gasteiger partial charge in [0.25, 0.3) is 11.2 Å². The highest BCUT2D eigenvalue weighted by Crippen LogP contribution is 2.32. The van der Waals surface area contributed by atoms with Crippen LogP contribution in [0.1, 0.15) is 5.56 Å². The van der Waals surface area contributed by atoms with Crippen LogP contribution in [0, 0.1) is 17.0 Å². The quantitative estimate of drug-likeness (QED) is 0.542. The van der Waals surface area contributed by atoms with Crippen LogP contribution in [-0.4, -0.2) is 50.5 Å². The summed E-state index contributed by atoms with van der Waals surface area (Å²) in [5.74, 6) is 0. The van der Waals surface area contributed by atoms with Crippen molar-refractivity contribution in [3.8, 4) is 0 Å². The number of hydrogen-bond donors (Lipinski definition) is 1. The maximum absolute atomic E-state index is 11.9. The second-order valence-corrected chi connectivity index (χ2v) is 6.53. The molecule has 1 atom stereocenters. The summed E-state index contributed by atoms with van der Waals surface area (Å²) in [7, 11) is 0. The number of nitrogens with zero attached hydrogens (tertiary/aromatic N) is 5. The van der Waals surface area contributed by atoms with Gasteiger partial charge >= 0.3 is 0 Å². The molecule has 2 aromatic heterocycles. The van der Waals surface area contributed by atoms with Gasteiger partial charge in [-0.15, -0.1) is 0 Å². The van der Waals surface area contributed by atoms with E-state index in [2.05, 4.69) is 15.1 Å².